The number of imide groups is 1. The summed E-state index contributed by atoms with van der Waals surface area (Å²) < 4.78 is 13.0. The van der Waals surface area contributed by atoms with Crippen LogP contribution >= 0.6 is 0 Å². The van der Waals surface area contributed by atoms with E-state index in [0.717, 1.165) is 24.8 Å². The van der Waals surface area contributed by atoms with Crippen molar-refractivity contribution < 1.29 is 18.8 Å². The van der Waals surface area contributed by atoms with Gasteiger partial charge < -0.3 is 10.2 Å². The van der Waals surface area contributed by atoms with Crippen molar-refractivity contribution in [3.63, 3.8) is 0 Å². The smallest absolute Gasteiger partial charge is 0.277 e. The van der Waals surface area contributed by atoms with Crippen LogP contribution in [-0.4, -0.2) is 56.6 Å². The van der Waals surface area contributed by atoms with Gasteiger partial charge in [-0.3, -0.25) is 19.3 Å². The van der Waals surface area contributed by atoms with Crippen LogP contribution in [0, 0.1) is 5.95 Å². The van der Waals surface area contributed by atoms with Crippen molar-refractivity contribution in [2.75, 3.05) is 18.4 Å². The number of hydrogen-bond donors (Lipinski definition) is 1. The molecule has 1 aliphatic carbocycles. The number of anilines is 1. The predicted octanol–water partition coefficient (Wildman–Crippen LogP) is 2.10. The molecule has 2 aliphatic heterocycles. The maximum Gasteiger partial charge on any atom is 0.277 e. The number of pyridine rings is 2. The van der Waals surface area contributed by atoms with Gasteiger partial charge >= 0.3 is 0 Å². The quantitative estimate of drug-likeness (QED) is 0.587. The molecule has 1 N–H and O–H groups in total. The fourth-order valence-electron chi connectivity index (χ4n) is 4.06. The van der Waals surface area contributed by atoms with Crippen LogP contribution in [0.5, 0.6) is 0 Å². The van der Waals surface area contributed by atoms with E-state index < -0.39 is 5.95 Å². The third-order valence-corrected chi connectivity index (χ3v) is 5.69. The molecule has 0 aromatic carbocycles. The topological polar surface area (TPSA) is 95.5 Å². The number of halogens is 1. The first-order valence-electron chi connectivity index (χ1n) is 10.2. The summed E-state index contributed by atoms with van der Waals surface area (Å²) in [6, 6.07) is 6.29. The van der Waals surface area contributed by atoms with Gasteiger partial charge in [-0.25, -0.2) is 9.97 Å². The SMILES string of the molecule is O=C(CN1CCCC2=C1C(=O)N(C1CC1)C2=O)Nc1ccc(-c2ccc(F)nc2)cn1. The first-order chi connectivity index (χ1) is 15.0. The minimum atomic E-state index is -0.556. The Balaban J connectivity index is 1.26. The number of carbonyl (C=O) groups excluding carboxylic acids is 3. The number of nitrogens with one attached hydrogen (secondary N) is 1. The molecule has 0 spiro atoms. The van der Waals surface area contributed by atoms with Gasteiger partial charge in [-0.05, 0) is 49.9 Å². The molecule has 2 aromatic rings. The fraction of sp³-hybridized carbons (Fsp3) is 0.318. The van der Waals surface area contributed by atoms with Crippen molar-refractivity contribution in [1.29, 1.82) is 0 Å². The zero-order valence-electron chi connectivity index (χ0n) is 16.7. The standard InChI is InChI=1S/C22H20FN5O3/c23-17-7-3-13(10-24-17)14-4-8-18(25-11-14)26-19(29)12-27-9-1-2-16-20(27)22(31)28(21(16)30)15-5-6-15/h3-4,7-8,10-11,15H,1-2,5-6,9,12H2,(H,25,26,29). The first-order valence-corrected chi connectivity index (χ1v) is 10.2. The molecule has 1 fully saturated rings. The zero-order chi connectivity index (χ0) is 21.5. The molecule has 1 saturated carbocycles. The molecule has 9 heteroatoms. The van der Waals surface area contributed by atoms with Gasteiger partial charge in [0.05, 0.1) is 6.54 Å². The van der Waals surface area contributed by atoms with E-state index in [1.807, 2.05) is 0 Å². The average Bonchev–Trinajstić information content (AvgIpc) is 3.56. The molecule has 31 heavy (non-hydrogen) atoms. The molecule has 5 rings (SSSR count). The van der Waals surface area contributed by atoms with Crippen molar-refractivity contribution in [3.05, 3.63) is 53.9 Å². The monoisotopic (exact) mass is 421 g/mol. The van der Waals surface area contributed by atoms with E-state index in [2.05, 4.69) is 15.3 Å². The molecule has 2 aromatic heterocycles. The van der Waals surface area contributed by atoms with Crippen LogP contribution in [0.1, 0.15) is 25.7 Å². The Labute approximate surface area is 177 Å². The Hall–Kier alpha value is -3.62. The molecule has 0 unspecified atom stereocenters. The summed E-state index contributed by atoms with van der Waals surface area (Å²) in [5.74, 6) is -0.976. The Bertz CT molecular complexity index is 1090. The Morgan fingerprint density at radius 2 is 1.81 bits per heavy atom. The zero-order valence-corrected chi connectivity index (χ0v) is 16.7. The predicted molar refractivity (Wildman–Crippen MR) is 109 cm³/mol. The van der Waals surface area contributed by atoms with E-state index in [-0.39, 0.29) is 30.3 Å². The third kappa shape index (κ3) is 3.67. The second kappa shape index (κ2) is 7.57. The number of nitrogens with zero attached hydrogens (tertiary/aromatic N) is 4. The van der Waals surface area contributed by atoms with E-state index in [9.17, 15) is 18.8 Å². The maximum absolute atomic E-state index is 13.0. The summed E-state index contributed by atoms with van der Waals surface area (Å²) in [5.41, 5.74) is 2.37. The third-order valence-electron chi connectivity index (χ3n) is 5.69. The summed E-state index contributed by atoms with van der Waals surface area (Å²) in [7, 11) is 0. The van der Waals surface area contributed by atoms with E-state index in [1.165, 1.54) is 17.2 Å². The maximum atomic E-state index is 13.0. The first kappa shape index (κ1) is 19.3. The molecule has 0 bridgehead atoms. The van der Waals surface area contributed by atoms with Gasteiger partial charge in [-0.15, -0.1) is 0 Å². The van der Waals surface area contributed by atoms with Gasteiger partial charge in [-0.1, -0.05) is 0 Å². The normalized spacial score (nSPS) is 18.5. The molecular weight excluding hydrogens is 401 g/mol. The lowest BCUT2D eigenvalue weighted by atomic mass is 10.0. The number of amides is 3. The molecule has 0 saturated heterocycles. The molecule has 3 aliphatic rings. The molecule has 8 nitrogen and oxygen atoms in total. The number of rotatable bonds is 5. The van der Waals surface area contributed by atoms with Crippen molar-refractivity contribution in [1.82, 2.24) is 19.8 Å². The highest BCUT2D eigenvalue weighted by Crippen LogP contribution is 2.38. The van der Waals surface area contributed by atoms with Crippen molar-refractivity contribution in [3.8, 4) is 11.1 Å². The molecule has 158 valence electrons. The van der Waals surface area contributed by atoms with Gasteiger partial charge in [0, 0.05) is 41.7 Å². The lowest BCUT2D eigenvalue weighted by molar-refractivity contribution is -0.138. The highest BCUT2D eigenvalue weighted by molar-refractivity contribution is 6.19. The van der Waals surface area contributed by atoms with Crippen LogP contribution in [0.4, 0.5) is 10.2 Å². The van der Waals surface area contributed by atoms with Gasteiger partial charge in [0.1, 0.15) is 11.5 Å². The van der Waals surface area contributed by atoms with Crippen LogP contribution in [0.2, 0.25) is 0 Å². The largest absolute Gasteiger partial charge is 0.357 e. The molecule has 0 radical (unpaired) electrons. The summed E-state index contributed by atoms with van der Waals surface area (Å²) >= 11 is 0. The molecule has 0 atom stereocenters. The van der Waals surface area contributed by atoms with E-state index in [1.54, 1.807) is 29.3 Å². The van der Waals surface area contributed by atoms with Gasteiger partial charge in [-0.2, -0.15) is 4.39 Å². The summed E-state index contributed by atoms with van der Waals surface area (Å²) in [6.07, 6.45) is 5.99. The van der Waals surface area contributed by atoms with E-state index in [4.69, 9.17) is 0 Å². The Kier molecular flexibility index (Phi) is 4.72. The minimum absolute atomic E-state index is 0.0142. The summed E-state index contributed by atoms with van der Waals surface area (Å²) in [4.78, 5) is 48.9. The van der Waals surface area contributed by atoms with E-state index in [0.29, 0.717) is 35.6 Å². The summed E-state index contributed by atoms with van der Waals surface area (Å²) in [5, 5.41) is 2.73. The Morgan fingerprint density at radius 3 is 2.45 bits per heavy atom. The number of hydrogen-bond acceptors (Lipinski definition) is 6. The van der Waals surface area contributed by atoms with E-state index >= 15 is 0 Å². The lowest BCUT2D eigenvalue weighted by Crippen LogP contribution is -2.40. The van der Waals surface area contributed by atoms with Crippen molar-refractivity contribution in [2.24, 2.45) is 0 Å². The van der Waals surface area contributed by atoms with Crippen LogP contribution < -0.4 is 5.32 Å². The van der Waals surface area contributed by atoms with Crippen molar-refractivity contribution >= 4 is 23.5 Å². The molecule has 4 heterocycles. The minimum Gasteiger partial charge on any atom is -0.357 e. The van der Waals surface area contributed by atoms with Crippen molar-refractivity contribution in [2.45, 2.75) is 31.7 Å². The number of carbonyl (C=O) groups is 3. The lowest BCUT2D eigenvalue weighted by Gasteiger charge is -2.28. The van der Waals surface area contributed by atoms with Crippen LogP contribution in [0.3, 0.4) is 0 Å². The van der Waals surface area contributed by atoms with Gasteiger partial charge in [0.25, 0.3) is 11.8 Å². The molecular formula is C22H20FN5O3. The number of aromatic nitrogens is 2. The highest BCUT2D eigenvalue weighted by Gasteiger charge is 2.48. The van der Waals surface area contributed by atoms with Gasteiger partial charge in [0.2, 0.25) is 11.9 Å². The highest BCUT2D eigenvalue weighted by atomic mass is 19.1. The second-order valence-electron chi connectivity index (χ2n) is 7.91. The summed E-state index contributed by atoms with van der Waals surface area (Å²) in [6.45, 7) is 0.523. The van der Waals surface area contributed by atoms with Gasteiger partial charge in [0.15, 0.2) is 0 Å². The second-order valence-corrected chi connectivity index (χ2v) is 7.91. The fourth-order valence-corrected chi connectivity index (χ4v) is 4.06. The van der Waals surface area contributed by atoms with Crippen LogP contribution in [0.15, 0.2) is 47.9 Å². The molecule has 3 amide bonds. The average molecular weight is 421 g/mol. The Morgan fingerprint density at radius 1 is 1.06 bits per heavy atom. The van der Waals surface area contributed by atoms with Crippen LogP contribution in [0.25, 0.3) is 11.1 Å². The van der Waals surface area contributed by atoms with Crippen LogP contribution in [-0.2, 0) is 14.4 Å².